The molecule has 0 aromatic heterocycles. The zero-order chi connectivity index (χ0) is 22.7. The lowest BCUT2D eigenvalue weighted by atomic mass is 9.84. The second-order valence-electron chi connectivity index (χ2n) is 8.81. The maximum absolute atomic E-state index is 13.2. The normalized spacial score (nSPS) is 23.5. The first-order valence-electron chi connectivity index (χ1n) is 11.0. The summed E-state index contributed by atoms with van der Waals surface area (Å²) in [5.41, 5.74) is 1.59. The van der Waals surface area contributed by atoms with Gasteiger partial charge in [-0.2, -0.15) is 0 Å². The Morgan fingerprint density at radius 1 is 1.12 bits per heavy atom. The van der Waals surface area contributed by atoms with Crippen molar-refractivity contribution in [3.8, 4) is 11.5 Å². The van der Waals surface area contributed by atoms with Gasteiger partial charge in [-0.3, -0.25) is 9.69 Å². The van der Waals surface area contributed by atoms with Crippen molar-refractivity contribution in [3.63, 3.8) is 0 Å². The number of piperazine rings is 1. The van der Waals surface area contributed by atoms with E-state index >= 15 is 0 Å². The van der Waals surface area contributed by atoms with Gasteiger partial charge in [0, 0.05) is 31.7 Å². The molecule has 2 aromatic rings. The Morgan fingerprint density at radius 3 is 2.62 bits per heavy atom. The van der Waals surface area contributed by atoms with Crippen LogP contribution in [0.25, 0.3) is 0 Å². The third kappa shape index (κ3) is 4.72. The molecule has 32 heavy (non-hydrogen) atoms. The topological polar surface area (TPSA) is 51.2 Å². The molecule has 2 unspecified atom stereocenters. The predicted molar refractivity (Wildman–Crippen MR) is 125 cm³/mol. The summed E-state index contributed by atoms with van der Waals surface area (Å²) in [4.78, 5) is 17.6. The number of hydrogen-bond acceptors (Lipinski definition) is 5. The van der Waals surface area contributed by atoms with Gasteiger partial charge in [0.25, 0.3) is 5.91 Å². The van der Waals surface area contributed by atoms with Crippen LogP contribution in [0.3, 0.4) is 0 Å². The standard InChI is InChI=1S/C25H31ClN2O4/c1-25-12-11-20(32-16-18-7-9-19(30-2)10-8-18)15-28(25)14-13-27(17-25)24(29)21-5-4-6-22(31-3)23(21)26/h4-10,20H,11-17H2,1-3H3. The van der Waals surface area contributed by atoms with E-state index in [0.29, 0.717) is 36.0 Å². The Labute approximate surface area is 195 Å². The fraction of sp³-hybridized carbons (Fsp3) is 0.480. The molecule has 2 atom stereocenters. The minimum Gasteiger partial charge on any atom is -0.497 e. The van der Waals surface area contributed by atoms with Crippen LogP contribution in [0.4, 0.5) is 0 Å². The van der Waals surface area contributed by atoms with Gasteiger partial charge in [0.2, 0.25) is 0 Å². The number of rotatable bonds is 6. The molecule has 0 radical (unpaired) electrons. The van der Waals surface area contributed by atoms with Crippen molar-refractivity contribution < 1.29 is 19.0 Å². The van der Waals surface area contributed by atoms with Gasteiger partial charge in [0.05, 0.1) is 37.5 Å². The predicted octanol–water partition coefficient (Wildman–Crippen LogP) is 4.25. The Hall–Kier alpha value is -2.28. The quantitative estimate of drug-likeness (QED) is 0.647. The zero-order valence-electron chi connectivity index (χ0n) is 19.0. The van der Waals surface area contributed by atoms with Crippen LogP contribution in [-0.4, -0.2) is 67.7 Å². The van der Waals surface area contributed by atoms with E-state index in [0.717, 1.165) is 37.2 Å². The third-order valence-corrected chi connectivity index (χ3v) is 7.10. The Morgan fingerprint density at radius 2 is 1.91 bits per heavy atom. The van der Waals surface area contributed by atoms with Crippen LogP contribution >= 0.6 is 11.6 Å². The molecule has 0 spiro atoms. The van der Waals surface area contributed by atoms with Crippen molar-refractivity contribution in [2.45, 2.75) is 38.0 Å². The molecular formula is C25H31ClN2O4. The molecular weight excluding hydrogens is 428 g/mol. The van der Waals surface area contributed by atoms with E-state index in [2.05, 4.69) is 11.8 Å². The van der Waals surface area contributed by atoms with Gasteiger partial charge >= 0.3 is 0 Å². The Balaban J connectivity index is 1.35. The smallest absolute Gasteiger partial charge is 0.255 e. The largest absolute Gasteiger partial charge is 0.497 e. The van der Waals surface area contributed by atoms with Gasteiger partial charge < -0.3 is 19.1 Å². The van der Waals surface area contributed by atoms with Gasteiger partial charge in [-0.25, -0.2) is 0 Å². The molecule has 2 aromatic carbocycles. The molecule has 7 heteroatoms. The molecule has 172 valence electrons. The van der Waals surface area contributed by atoms with Crippen molar-refractivity contribution in [1.82, 2.24) is 9.80 Å². The van der Waals surface area contributed by atoms with Gasteiger partial charge in [-0.15, -0.1) is 0 Å². The highest BCUT2D eigenvalue weighted by Crippen LogP contribution is 2.35. The number of piperidine rings is 1. The van der Waals surface area contributed by atoms with Crippen molar-refractivity contribution in [3.05, 3.63) is 58.6 Å². The average molecular weight is 459 g/mol. The van der Waals surface area contributed by atoms with Crippen LogP contribution in [0.1, 0.15) is 35.7 Å². The van der Waals surface area contributed by atoms with Crippen LogP contribution in [0, 0.1) is 0 Å². The monoisotopic (exact) mass is 458 g/mol. The van der Waals surface area contributed by atoms with E-state index in [9.17, 15) is 4.79 Å². The number of fused-ring (bicyclic) bond motifs is 1. The van der Waals surface area contributed by atoms with E-state index < -0.39 is 0 Å². The Bertz CT molecular complexity index is 951. The molecule has 6 nitrogen and oxygen atoms in total. The van der Waals surface area contributed by atoms with Gasteiger partial charge in [-0.05, 0) is 49.6 Å². The summed E-state index contributed by atoms with van der Waals surface area (Å²) in [5, 5.41) is 0.378. The first-order chi connectivity index (χ1) is 15.4. The molecule has 2 heterocycles. The summed E-state index contributed by atoms with van der Waals surface area (Å²) in [5.74, 6) is 1.34. The lowest BCUT2D eigenvalue weighted by molar-refractivity contribution is -0.0812. The lowest BCUT2D eigenvalue weighted by Gasteiger charge is -2.53. The minimum absolute atomic E-state index is 0.0346. The second kappa shape index (κ2) is 9.69. The molecule has 0 bridgehead atoms. The summed E-state index contributed by atoms with van der Waals surface area (Å²) >= 11 is 6.41. The number of ether oxygens (including phenoxy) is 3. The summed E-state index contributed by atoms with van der Waals surface area (Å²) in [6.07, 6.45) is 2.15. The van der Waals surface area contributed by atoms with Gasteiger partial charge in [0.1, 0.15) is 11.5 Å². The molecule has 2 aliphatic rings. The molecule has 2 fully saturated rings. The number of halogens is 1. The maximum Gasteiger partial charge on any atom is 0.255 e. The van der Waals surface area contributed by atoms with Crippen molar-refractivity contribution >= 4 is 17.5 Å². The summed E-state index contributed by atoms with van der Waals surface area (Å²) in [7, 11) is 3.23. The van der Waals surface area contributed by atoms with E-state index in [1.807, 2.05) is 29.2 Å². The van der Waals surface area contributed by atoms with Crippen molar-refractivity contribution in [1.29, 1.82) is 0 Å². The average Bonchev–Trinajstić information content (AvgIpc) is 2.82. The highest BCUT2D eigenvalue weighted by molar-refractivity contribution is 6.35. The molecule has 0 aliphatic carbocycles. The number of nitrogens with zero attached hydrogens (tertiary/aromatic N) is 2. The number of hydrogen-bond donors (Lipinski definition) is 0. The number of methoxy groups -OCH3 is 2. The zero-order valence-corrected chi connectivity index (χ0v) is 19.7. The van der Waals surface area contributed by atoms with Crippen LogP contribution in [0.15, 0.2) is 42.5 Å². The molecule has 0 N–H and O–H groups in total. The fourth-order valence-electron chi connectivity index (χ4n) is 4.71. The van der Waals surface area contributed by atoms with Crippen LogP contribution in [-0.2, 0) is 11.3 Å². The molecule has 2 aliphatic heterocycles. The van der Waals surface area contributed by atoms with E-state index in [-0.39, 0.29) is 17.6 Å². The van der Waals surface area contributed by atoms with Gasteiger partial charge in [-0.1, -0.05) is 29.8 Å². The maximum atomic E-state index is 13.2. The van der Waals surface area contributed by atoms with E-state index in [1.54, 1.807) is 32.4 Å². The fourth-order valence-corrected chi connectivity index (χ4v) is 4.99. The van der Waals surface area contributed by atoms with E-state index in [4.69, 9.17) is 25.8 Å². The van der Waals surface area contributed by atoms with Crippen molar-refractivity contribution in [2.75, 3.05) is 40.4 Å². The molecule has 1 amide bonds. The number of benzene rings is 2. The third-order valence-electron chi connectivity index (χ3n) is 6.71. The summed E-state index contributed by atoms with van der Waals surface area (Å²) in [6, 6.07) is 13.3. The first kappa shape index (κ1) is 22.9. The minimum atomic E-state index is -0.0563. The molecule has 0 saturated carbocycles. The highest BCUT2D eigenvalue weighted by atomic mass is 35.5. The summed E-state index contributed by atoms with van der Waals surface area (Å²) < 4.78 is 16.7. The first-order valence-corrected chi connectivity index (χ1v) is 11.4. The summed E-state index contributed by atoms with van der Waals surface area (Å²) in [6.45, 7) is 5.91. The number of carbonyl (C=O) groups is 1. The molecule has 2 saturated heterocycles. The lowest BCUT2D eigenvalue weighted by Crippen LogP contribution is -2.65. The number of amides is 1. The SMILES string of the molecule is COc1ccc(COC2CCC3(C)CN(C(=O)c4cccc(OC)c4Cl)CCN3C2)cc1. The van der Waals surface area contributed by atoms with Crippen LogP contribution in [0.2, 0.25) is 5.02 Å². The number of carbonyl (C=O) groups excluding carboxylic acids is 1. The van der Waals surface area contributed by atoms with E-state index in [1.165, 1.54) is 0 Å². The molecule has 4 rings (SSSR count). The van der Waals surface area contributed by atoms with Gasteiger partial charge in [0.15, 0.2) is 0 Å². The van der Waals surface area contributed by atoms with Crippen molar-refractivity contribution in [2.24, 2.45) is 0 Å². The Kier molecular flexibility index (Phi) is 6.93. The van der Waals surface area contributed by atoms with Crippen LogP contribution < -0.4 is 9.47 Å². The van der Waals surface area contributed by atoms with Crippen LogP contribution in [0.5, 0.6) is 11.5 Å². The highest BCUT2D eigenvalue weighted by Gasteiger charge is 2.43. The second-order valence-corrected chi connectivity index (χ2v) is 9.19.